The molecule has 0 bridgehead atoms. The van der Waals surface area contributed by atoms with Crippen LogP contribution in [0.2, 0.25) is 0 Å². The zero-order valence-corrected chi connectivity index (χ0v) is 21.6. The highest BCUT2D eigenvalue weighted by Crippen LogP contribution is 2.35. The lowest BCUT2D eigenvalue weighted by atomic mass is 10.0. The van der Waals surface area contributed by atoms with Gasteiger partial charge in [-0.1, -0.05) is 6.07 Å². The first kappa shape index (κ1) is 25.0. The van der Waals surface area contributed by atoms with Gasteiger partial charge in [-0.2, -0.15) is 0 Å². The van der Waals surface area contributed by atoms with E-state index in [0.29, 0.717) is 26.6 Å². The van der Waals surface area contributed by atoms with E-state index < -0.39 is 32.7 Å². The zero-order chi connectivity index (χ0) is 26.5. The molecule has 2 N–H and O–H groups in total. The van der Waals surface area contributed by atoms with E-state index in [1.807, 2.05) is 0 Å². The molecule has 4 aromatic rings. The van der Waals surface area contributed by atoms with E-state index in [-0.39, 0.29) is 28.7 Å². The Morgan fingerprint density at radius 1 is 1.22 bits per heavy atom. The fourth-order valence-corrected chi connectivity index (χ4v) is 6.58. The van der Waals surface area contributed by atoms with Crippen LogP contribution in [-0.4, -0.2) is 48.6 Å². The number of hydrogen-bond donors (Lipinski definition) is 2. The summed E-state index contributed by atoms with van der Waals surface area (Å²) < 4.78 is 42.0. The van der Waals surface area contributed by atoms with E-state index in [1.165, 1.54) is 16.7 Å². The number of aryl methyl sites for hydroxylation is 1. The molecule has 1 saturated carbocycles. The summed E-state index contributed by atoms with van der Waals surface area (Å²) >= 11 is 0.904. The van der Waals surface area contributed by atoms with Crippen molar-refractivity contribution in [3.8, 4) is 11.1 Å². The van der Waals surface area contributed by atoms with Gasteiger partial charge in [-0.25, -0.2) is 17.8 Å². The zero-order valence-electron chi connectivity index (χ0n) is 19.9. The normalized spacial score (nSPS) is 14.6. The maximum atomic E-state index is 15.1. The van der Waals surface area contributed by atoms with Crippen LogP contribution in [-0.2, 0) is 26.5 Å². The topological polar surface area (TPSA) is 127 Å². The van der Waals surface area contributed by atoms with Crippen molar-refractivity contribution in [2.45, 2.75) is 24.1 Å². The van der Waals surface area contributed by atoms with Gasteiger partial charge in [0.2, 0.25) is 11.8 Å². The maximum Gasteiger partial charge on any atom is 0.258 e. The van der Waals surface area contributed by atoms with Crippen LogP contribution in [0.4, 0.5) is 4.39 Å². The molecule has 0 radical (unpaired) electrons. The second-order valence-electron chi connectivity index (χ2n) is 9.15. The summed E-state index contributed by atoms with van der Waals surface area (Å²) in [5, 5.41) is 4.59. The monoisotopic (exact) mass is 542 g/mol. The molecule has 192 valence electrons. The van der Waals surface area contributed by atoms with E-state index in [4.69, 9.17) is 0 Å². The van der Waals surface area contributed by atoms with Gasteiger partial charge in [0.25, 0.3) is 5.56 Å². The fraction of sp³-hybridized carbons (Fsp3) is 0.280. The highest BCUT2D eigenvalue weighted by Gasteiger charge is 2.34. The van der Waals surface area contributed by atoms with Crippen molar-refractivity contribution >= 4 is 54.0 Å². The third-order valence-electron chi connectivity index (χ3n) is 6.14. The molecule has 9 nitrogen and oxygen atoms in total. The number of sulfone groups is 1. The van der Waals surface area contributed by atoms with Crippen LogP contribution in [0.5, 0.6) is 0 Å². The number of rotatable bonds is 7. The van der Waals surface area contributed by atoms with E-state index in [9.17, 15) is 22.8 Å². The van der Waals surface area contributed by atoms with Gasteiger partial charge in [0.1, 0.15) is 10.8 Å². The lowest BCUT2D eigenvalue weighted by molar-refractivity contribution is -0.126. The molecular weight excluding hydrogens is 519 g/mol. The number of amides is 2. The van der Waals surface area contributed by atoms with Crippen molar-refractivity contribution in [1.29, 1.82) is 0 Å². The third kappa shape index (κ3) is 5.12. The van der Waals surface area contributed by atoms with Crippen LogP contribution >= 0.6 is 11.3 Å². The number of benzene rings is 2. The molecule has 5 rings (SSSR count). The second-order valence-corrected chi connectivity index (χ2v) is 12.3. The molecule has 1 aliphatic rings. The molecular formula is C25H23FN4O5S2. The van der Waals surface area contributed by atoms with Crippen molar-refractivity contribution in [2.75, 3.05) is 12.8 Å². The summed E-state index contributed by atoms with van der Waals surface area (Å²) in [5.74, 6) is -1.82. The first-order chi connectivity index (χ1) is 17.5. The Hall–Kier alpha value is -3.64. The number of nitrogens with zero attached hydrogens (tertiary/aromatic N) is 2. The molecule has 2 aromatic heterocycles. The highest BCUT2D eigenvalue weighted by molar-refractivity contribution is 7.91. The standard InChI is InChI=1S/C25H23FN4O5S2/c1-30-8-7-14-9-13(3-6-16(14)25(30)33)17-10-19-20(11-18(17)26)36-24(29-19)22(37(2,34)35)23(32)27-12-21(31)28-15-4-5-15/h3,6-11,15,22H,4-5,12H2,1-2H3,(H,27,32)(H,28,31). The number of hydrogen-bond acceptors (Lipinski definition) is 7. The first-order valence-corrected chi connectivity index (χ1v) is 14.2. The quantitative estimate of drug-likeness (QED) is 0.369. The highest BCUT2D eigenvalue weighted by atomic mass is 32.2. The summed E-state index contributed by atoms with van der Waals surface area (Å²) in [6.07, 6.45) is 4.31. The van der Waals surface area contributed by atoms with Gasteiger partial charge in [0.05, 0.1) is 16.8 Å². The molecule has 0 aliphatic heterocycles. The number of carbonyl (C=O) groups excluding carboxylic acids is 2. The Morgan fingerprint density at radius 3 is 2.68 bits per heavy atom. The summed E-state index contributed by atoms with van der Waals surface area (Å²) in [6.45, 7) is -0.351. The van der Waals surface area contributed by atoms with E-state index in [1.54, 1.807) is 37.5 Å². The Labute approximate surface area is 215 Å². The Balaban J connectivity index is 1.48. The number of aromatic nitrogens is 2. The van der Waals surface area contributed by atoms with Crippen LogP contribution in [0.3, 0.4) is 0 Å². The second kappa shape index (κ2) is 9.34. The number of nitrogens with one attached hydrogen (secondary N) is 2. The van der Waals surface area contributed by atoms with Gasteiger partial charge in [-0.15, -0.1) is 11.3 Å². The Kier molecular flexibility index (Phi) is 6.32. The predicted molar refractivity (Wildman–Crippen MR) is 140 cm³/mol. The van der Waals surface area contributed by atoms with Crippen LogP contribution in [0.15, 0.2) is 47.4 Å². The van der Waals surface area contributed by atoms with Crippen molar-refractivity contribution in [3.05, 3.63) is 63.8 Å². The molecule has 2 amide bonds. The van der Waals surface area contributed by atoms with Gasteiger partial charge < -0.3 is 15.2 Å². The number of halogens is 1. The maximum absolute atomic E-state index is 15.1. The number of thiazole rings is 1. The molecule has 0 saturated heterocycles. The van der Waals surface area contributed by atoms with Gasteiger partial charge in [-0.3, -0.25) is 14.4 Å². The summed E-state index contributed by atoms with van der Waals surface area (Å²) in [7, 11) is -2.30. The molecule has 0 spiro atoms. The van der Waals surface area contributed by atoms with Crippen LogP contribution < -0.4 is 16.2 Å². The van der Waals surface area contributed by atoms with Crippen molar-refractivity contribution < 1.29 is 22.4 Å². The van der Waals surface area contributed by atoms with Gasteiger partial charge in [0, 0.05) is 36.5 Å². The van der Waals surface area contributed by atoms with E-state index in [2.05, 4.69) is 15.6 Å². The molecule has 2 heterocycles. The summed E-state index contributed by atoms with van der Waals surface area (Å²) in [5.41, 5.74) is 0.908. The number of carbonyl (C=O) groups is 2. The molecule has 12 heteroatoms. The van der Waals surface area contributed by atoms with Crippen molar-refractivity contribution in [2.24, 2.45) is 7.05 Å². The van der Waals surface area contributed by atoms with Crippen LogP contribution in [0, 0.1) is 5.82 Å². The molecule has 1 aliphatic carbocycles. The van der Waals surface area contributed by atoms with Gasteiger partial charge in [-0.05, 0) is 54.1 Å². The minimum Gasteiger partial charge on any atom is -0.352 e. The molecule has 1 unspecified atom stereocenters. The summed E-state index contributed by atoms with van der Waals surface area (Å²) in [4.78, 5) is 41.4. The van der Waals surface area contributed by atoms with Crippen molar-refractivity contribution in [1.82, 2.24) is 20.2 Å². The smallest absolute Gasteiger partial charge is 0.258 e. The van der Waals surface area contributed by atoms with E-state index in [0.717, 1.165) is 30.4 Å². The van der Waals surface area contributed by atoms with Crippen LogP contribution in [0.25, 0.3) is 32.1 Å². The van der Waals surface area contributed by atoms with Gasteiger partial charge >= 0.3 is 0 Å². The minimum atomic E-state index is -3.95. The van der Waals surface area contributed by atoms with E-state index >= 15 is 4.39 Å². The lowest BCUT2D eigenvalue weighted by Crippen LogP contribution is -2.41. The third-order valence-corrected chi connectivity index (χ3v) is 8.67. The first-order valence-electron chi connectivity index (χ1n) is 11.5. The van der Waals surface area contributed by atoms with Crippen LogP contribution in [0.1, 0.15) is 23.1 Å². The van der Waals surface area contributed by atoms with Gasteiger partial charge in [0.15, 0.2) is 15.1 Å². The lowest BCUT2D eigenvalue weighted by Gasteiger charge is -2.12. The SMILES string of the molecule is Cn1ccc2cc(-c3cc4nc(C(C(=O)NCC(=O)NC5CC5)S(C)(=O)=O)sc4cc3F)ccc2c1=O. The largest absolute Gasteiger partial charge is 0.352 e. The number of pyridine rings is 1. The minimum absolute atomic E-state index is 0.0174. The Bertz CT molecular complexity index is 1740. The molecule has 1 atom stereocenters. The molecule has 37 heavy (non-hydrogen) atoms. The molecule has 2 aromatic carbocycles. The Morgan fingerprint density at radius 2 is 1.97 bits per heavy atom. The predicted octanol–water partition coefficient (Wildman–Crippen LogP) is 2.43. The summed E-state index contributed by atoms with van der Waals surface area (Å²) in [6, 6.07) is 9.59. The fourth-order valence-electron chi connectivity index (χ4n) is 4.07. The number of fused-ring (bicyclic) bond motifs is 2. The van der Waals surface area contributed by atoms with Crippen molar-refractivity contribution in [3.63, 3.8) is 0 Å². The molecule has 1 fully saturated rings. The average molecular weight is 543 g/mol. The average Bonchev–Trinajstić information content (AvgIpc) is 3.56.